The molecule has 1 N–H and O–H groups in total. The topological polar surface area (TPSA) is 64.4 Å². The molecular weight excluding hydrogens is 309 g/mol. The minimum absolute atomic E-state index is 0.0148. The first-order valence-electron chi connectivity index (χ1n) is 5.65. The Labute approximate surface area is 121 Å². The number of hydrogen-bond acceptors (Lipinski definition) is 5. The molecule has 0 saturated carbocycles. The fraction of sp³-hybridized carbons (Fsp3) is 0.167. The monoisotopic (exact) mass is 318 g/mol. The van der Waals surface area contributed by atoms with E-state index in [2.05, 4.69) is 10.1 Å². The summed E-state index contributed by atoms with van der Waals surface area (Å²) in [5.41, 5.74) is 1.10. The molecule has 9 heteroatoms. The van der Waals surface area contributed by atoms with Gasteiger partial charge in [0.15, 0.2) is 0 Å². The van der Waals surface area contributed by atoms with Crippen LogP contribution >= 0.6 is 11.3 Å². The van der Waals surface area contributed by atoms with Crippen molar-refractivity contribution in [3.8, 4) is 5.75 Å². The predicted molar refractivity (Wildman–Crippen MR) is 71.4 cm³/mol. The Bertz CT molecular complexity index is 643. The fourth-order valence-corrected chi connectivity index (χ4v) is 2.29. The van der Waals surface area contributed by atoms with E-state index in [1.54, 1.807) is 11.4 Å². The summed E-state index contributed by atoms with van der Waals surface area (Å²) in [6, 6.07) is 6.79. The molecule has 0 aliphatic carbocycles. The summed E-state index contributed by atoms with van der Waals surface area (Å²) in [6.07, 6.45) is -4.74. The van der Waals surface area contributed by atoms with E-state index in [1.165, 1.54) is 24.3 Å². The lowest BCUT2D eigenvalue weighted by Gasteiger charge is -2.10. The number of anilines is 1. The molecule has 112 valence electrons. The van der Waals surface area contributed by atoms with Crippen LogP contribution in [-0.4, -0.2) is 11.3 Å². The summed E-state index contributed by atoms with van der Waals surface area (Å²) in [5, 5.41) is 15.0. The van der Waals surface area contributed by atoms with E-state index in [-0.39, 0.29) is 17.3 Å². The van der Waals surface area contributed by atoms with Gasteiger partial charge in [-0.05, 0) is 17.7 Å². The zero-order valence-corrected chi connectivity index (χ0v) is 11.2. The minimum Gasteiger partial charge on any atom is -0.406 e. The molecular formula is C12H9F3N2O3S. The summed E-state index contributed by atoms with van der Waals surface area (Å²) >= 11 is 0.991. The van der Waals surface area contributed by atoms with Crippen molar-refractivity contribution >= 4 is 22.0 Å². The van der Waals surface area contributed by atoms with Gasteiger partial charge in [-0.15, -0.1) is 13.2 Å². The standard InChI is InChI=1S/C12H9F3N2O3S/c13-12(14,15)20-10-3-1-2-9(5-10)16-6-8-4-11(17(18)19)21-7-8/h1-5,7,16H,6H2. The molecule has 0 bridgehead atoms. The number of alkyl halides is 3. The number of rotatable bonds is 5. The lowest BCUT2D eigenvalue weighted by atomic mass is 10.2. The van der Waals surface area contributed by atoms with Gasteiger partial charge in [0.25, 0.3) is 0 Å². The Morgan fingerprint density at radius 1 is 1.33 bits per heavy atom. The van der Waals surface area contributed by atoms with Crippen molar-refractivity contribution in [2.24, 2.45) is 0 Å². The SMILES string of the molecule is O=[N+]([O-])c1cc(CNc2cccc(OC(F)(F)F)c2)cs1. The number of thiophene rings is 1. The van der Waals surface area contributed by atoms with Gasteiger partial charge in [-0.3, -0.25) is 10.1 Å². The van der Waals surface area contributed by atoms with Gasteiger partial charge in [-0.2, -0.15) is 0 Å². The average Bonchev–Trinajstić information content (AvgIpc) is 2.83. The number of nitro groups is 1. The second kappa shape index (κ2) is 6.00. The highest BCUT2D eigenvalue weighted by atomic mass is 32.1. The lowest BCUT2D eigenvalue weighted by molar-refractivity contribution is -0.380. The van der Waals surface area contributed by atoms with E-state index >= 15 is 0 Å². The molecule has 0 aliphatic heterocycles. The predicted octanol–water partition coefficient (Wildman–Crippen LogP) is 4.17. The maximum atomic E-state index is 12.1. The first-order valence-corrected chi connectivity index (χ1v) is 6.53. The van der Waals surface area contributed by atoms with Gasteiger partial charge in [0.1, 0.15) is 5.75 Å². The molecule has 1 aromatic heterocycles. The quantitative estimate of drug-likeness (QED) is 0.664. The zero-order valence-electron chi connectivity index (χ0n) is 10.4. The molecule has 2 rings (SSSR count). The van der Waals surface area contributed by atoms with Crippen molar-refractivity contribution in [2.45, 2.75) is 12.9 Å². The van der Waals surface area contributed by atoms with Crippen molar-refractivity contribution < 1.29 is 22.8 Å². The molecule has 0 unspecified atom stereocenters. The molecule has 0 aliphatic rings. The Morgan fingerprint density at radius 3 is 2.71 bits per heavy atom. The van der Waals surface area contributed by atoms with Gasteiger partial charge in [0.2, 0.25) is 0 Å². The van der Waals surface area contributed by atoms with Crippen molar-refractivity contribution in [1.29, 1.82) is 0 Å². The maximum Gasteiger partial charge on any atom is 0.573 e. The molecule has 0 atom stereocenters. The normalized spacial score (nSPS) is 11.2. The van der Waals surface area contributed by atoms with E-state index in [1.807, 2.05) is 0 Å². The van der Waals surface area contributed by atoms with E-state index in [0.717, 1.165) is 11.3 Å². The van der Waals surface area contributed by atoms with Crippen molar-refractivity contribution in [1.82, 2.24) is 0 Å². The Kier molecular flexibility index (Phi) is 4.32. The van der Waals surface area contributed by atoms with Gasteiger partial charge in [-0.25, -0.2) is 0 Å². The first kappa shape index (κ1) is 15.1. The highest BCUT2D eigenvalue weighted by molar-refractivity contribution is 7.13. The first-order chi connectivity index (χ1) is 9.83. The molecule has 1 heterocycles. The number of hydrogen-bond donors (Lipinski definition) is 1. The van der Waals surface area contributed by atoms with E-state index in [9.17, 15) is 23.3 Å². The summed E-state index contributed by atoms with van der Waals surface area (Å²) in [5.74, 6) is -0.330. The largest absolute Gasteiger partial charge is 0.573 e. The number of nitrogens with zero attached hydrogens (tertiary/aromatic N) is 1. The van der Waals surface area contributed by atoms with Crippen LogP contribution in [0.15, 0.2) is 35.7 Å². The molecule has 1 aromatic carbocycles. The molecule has 21 heavy (non-hydrogen) atoms. The van der Waals surface area contributed by atoms with Gasteiger partial charge in [0, 0.05) is 29.7 Å². The number of halogens is 3. The average molecular weight is 318 g/mol. The van der Waals surface area contributed by atoms with Crippen molar-refractivity contribution in [3.05, 3.63) is 51.4 Å². The fourth-order valence-electron chi connectivity index (χ4n) is 1.56. The van der Waals surface area contributed by atoms with Crippen LogP contribution in [0.2, 0.25) is 0 Å². The Balaban J connectivity index is 1.99. The third-order valence-electron chi connectivity index (χ3n) is 2.38. The molecule has 0 fully saturated rings. The second-order valence-electron chi connectivity index (χ2n) is 3.98. The molecule has 0 saturated heterocycles. The van der Waals surface area contributed by atoms with E-state index in [0.29, 0.717) is 11.3 Å². The number of nitrogens with one attached hydrogen (secondary N) is 1. The minimum atomic E-state index is -4.74. The van der Waals surface area contributed by atoms with Gasteiger partial charge < -0.3 is 10.1 Å². The Hall–Kier alpha value is -2.29. The van der Waals surface area contributed by atoms with Crippen LogP contribution in [0.3, 0.4) is 0 Å². The lowest BCUT2D eigenvalue weighted by Crippen LogP contribution is -2.17. The van der Waals surface area contributed by atoms with E-state index in [4.69, 9.17) is 0 Å². The van der Waals surface area contributed by atoms with Crippen LogP contribution in [-0.2, 0) is 6.54 Å². The molecule has 0 spiro atoms. The summed E-state index contributed by atoms with van der Waals surface area (Å²) < 4.78 is 40.1. The van der Waals surface area contributed by atoms with Gasteiger partial charge >= 0.3 is 11.4 Å². The summed E-state index contributed by atoms with van der Waals surface area (Å²) in [6.45, 7) is 0.264. The highest BCUT2D eigenvalue weighted by Gasteiger charge is 2.31. The van der Waals surface area contributed by atoms with Gasteiger partial charge in [-0.1, -0.05) is 17.4 Å². The van der Waals surface area contributed by atoms with Crippen molar-refractivity contribution in [2.75, 3.05) is 5.32 Å². The Morgan fingerprint density at radius 2 is 2.10 bits per heavy atom. The van der Waals surface area contributed by atoms with Crippen LogP contribution in [0.1, 0.15) is 5.56 Å². The molecule has 0 amide bonds. The molecule has 2 aromatic rings. The number of benzene rings is 1. The van der Waals surface area contributed by atoms with Crippen LogP contribution in [0.5, 0.6) is 5.75 Å². The van der Waals surface area contributed by atoms with E-state index < -0.39 is 11.3 Å². The van der Waals surface area contributed by atoms with Gasteiger partial charge in [0.05, 0.1) is 4.92 Å². The smallest absolute Gasteiger partial charge is 0.406 e. The van der Waals surface area contributed by atoms with Crippen LogP contribution in [0.4, 0.5) is 23.9 Å². The van der Waals surface area contributed by atoms with Crippen LogP contribution in [0.25, 0.3) is 0 Å². The number of ether oxygens (including phenoxy) is 1. The summed E-state index contributed by atoms with van der Waals surface area (Å²) in [7, 11) is 0. The zero-order chi connectivity index (χ0) is 15.5. The summed E-state index contributed by atoms with van der Waals surface area (Å²) in [4.78, 5) is 10.0. The molecule has 0 radical (unpaired) electrons. The van der Waals surface area contributed by atoms with Crippen molar-refractivity contribution in [3.63, 3.8) is 0 Å². The van der Waals surface area contributed by atoms with Crippen LogP contribution < -0.4 is 10.1 Å². The third-order valence-corrected chi connectivity index (χ3v) is 3.31. The second-order valence-corrected chi connectivity index (χ2v) is 4.87. The highest BCUT2D eigenvalue weighted by Crippen LogP contribution is 2.26. The molecule has 5 nitrogen and oxygen atoms in total. The van der Waals surface area contributed by atoms with Crippen LogP contribution in [0, 0.1) is 10.1 Å². The third kappa shape index (κ3) is 4.63. The maximum absolute atomic E-state index is 12.1.